The predicted octanol–water partition coefficient (Wildman–Crippen LogP) is 3.89. The maximum atomic E-state index is 13.7. The lowest BCUT2D eigenvalue weighted by Crippen LogP contribution is -2.39. The van der Waals surface area contributed by atoms with E-state index in [1.807, 2.05) is 30.3 Å². The van der Waals surface area contributed by atoms with Crippen molar-refractivity contribution in [3.63, 3.8) is 0 Å². The summed E-state index contributed by atoms with van der Waals surface area (Å²) in [6, 6.07) is 11.4. The third kappa shape index (κ3) is 4.68. The average molecular weight is 491 g/mol. The van der Waals surface area contributed by atoms with Gasteiger partial charge in [0, 0.05) is 5.56 Å². The smallest absolute Gasteiger partial charge is 0.264 e. The van der Waals surface area contributed by atoms with Gasteiger partial charge in [-0.2, -0.15) is 8.42 Å². The Balaban J connectivity index is 1.67. The van der Waals surface area contributed by atoms with E-state index in [1.54, 1.807) is 20.3 Å². The Morgan fingerprint density at radius 1 is 1.18 bits per heavy atom. The summed E-state index contributed by atoms with van der Waals surface area (Å²) >= 11 is 1.42. The number of benzene rings is 2. The number of nitrogens with one attached hydrogen (secondary N) is 1. The van der Waals surface area contributed by atoms with Gasteiger partial charge >= 0.3 is 0 Å². The van der Waals surface area contributed by atoms with E-state index in [0.717, 1.165) is 27.6 Å². The van der Waals surface area contributed by atoms with Gasteiger partial charge in [-0.1, -0.05) is 29.5 Å². The monoisotopic (exact) mass is 490 g/mol. The Morgan fingerprint density at radius 2 is 1.97 bits per heavy atom. The lowest BCUT2D eigenvalue weighted by molar-refractivity contribution is -0.121. The number of para-hydroxylation sites is 1. The summed E-state index contributed by atoms with van der Waals surface area (Å²) in [7, 11) is -0.388. The molecular formula is C23H26N2O6S2. The first kappa shape index (κ1) is 23.5. The second-order valence-corrected chi connectivity index (χ2v) is 10.7. The molecule has 176 valence electrons. The van der Waals surface area contributed by atoms with Crippen molar-refractivity contribution in [3.05, 3.63) is 47.5 Å². The summed E-state index contributed by atoms with van der Waals surface area (Å²) in [5.41, 5.74) is 1.75. The highest BCUT2D eigenvalue weighted by molar-refractivity contribution is 7.85. The number of aromatic nitrogens is 1. The third-order valence-electron chi connectivity index (χ3n) is 5.96. The number of ether oxygens (including phenoxy) is 2. The number of rotatable bonds is 9. The number of hydrogen-bond acceptors (Lipinski definition) is 8. The molecule has 1 aliphatic rings. The van der Waals surface area contributed by atoms with E-state index in [-0.39, 0.29) is 12.5 Å². The summed E-state index contributed by atoms with van der Waals surface area (Å²) in [5.74, 6) is 1.06. The number of thiazole rings is 1. The van der Waals surface area contributed by atoms with Gasteiger partial charge in [0.2, 0.25) is 5.91 Å². The van der Waals surface area contributed by atoms with E-state index in [1.165, 1.54) is 11.3 Å². The molecule has 10 heteroatoms. The maximum Gasteiger partial charge on any atom is 0.264 e. The van der Waals surface area contributed by atoms with Crippen LogP contribution in [0.3, 0.4) is 0 Å². The highest BCUT2D eigenvalue weighted by Gasteiger charge is 2.46. The summed E-state index contributed by atoms with van der Waals surface area (Å²) in [6.07, 6.45) is 3.03. The van der Waals surface area contributed by atoms with Crippen LogP contribution in [0.4, 0.5) is 5.13 Å². The van der Waals surface area contributed by atoms with Crippen molar-refractivity contribution in [2.75, 3.05) is 32.4 Å². The largest absolute Gasteiger partial charge is 0.493 e. The molecule has 1 atom stereocenters. The van der Waals surface area contributed by atoms with Crippen LogP contribution in [0.5, 0.6) is 11.5 Å². The van der Waals surface area contributed by atoms with Gasteiger partial charge in [0.1, 0.15) is 0 Å². The highest BCUT2D eigenvalue weighted by Crippen LogP contribution is 2.49. The molecule has 1 aromatic heterocycles. The summed E-state index contributed by atoms with van der Waals surface area (Å²) in [5, 5.41) is 3.55. The first-order valence-corrected chi connectivity index (χ1v) is 13.2. The summed E-state index contributed by atoms with van der Waals surface area (Å²) in [4.78, 5) is 18.3. The molecule has 3 aromatic rings. The molecule has 8 nitrogen and oxygen atoms in total. The molecule has 1 aliphatic carbocycles. The lowest BCUT2D eigenvalue weighted by Gasteiger charge is -2.29. The number of carbonyl (C=O) groups is 1. The number of amides is 1. The van der Waals surface area contributed by atoms with E-state index in [0.29, 0.717) is 42.3 Å². The van der Waals surface area contributed by atoms with Crippen LogP contribution in [0, 0.1) is 0 Å². The molecule has 1 amide bonds. The fourth-order valence-electron chi connectivity index (χ4n) is 4.50. The molecule has 0 bridgehead atoms. The van der Waals surface area contributed by atoms with Crippen molar-refractivity contribution in [2.24, 2.45) is 0 Å². The van der Waals surface area contributed by atoms with Crippen LogP contribution >= 0.6 is 11.3 Å². The predicted molar refractivity (Wildman–Crippen MR) is 128 cm³/mol. The van der Waals surface area contributed by atoms with Crippen LogP contribution in [0.15, 0.2) is 36.4 Å². The number of carbonyl (C=O) groups excluding carboxylic acids is 1. The van der Waals surface area contributed by atoms with Gasteiger partial charge in [0.05, 0.1) is 42.7 Å². The zero-order valence-electron chi connectivity index (χ0n) is 18.7. The Bertz CT molecular complexity index is 1250. The average Bonchev–Trinajstić information content (AvgIpc) is 3.36. The summed E-state index contributed by atoms with van der Waals surface area (Å²) in [6.45, 7) is 0.0115. The fourth-order valence-corrected chi connectivity index (χ4v) is 5.78. The molecule has 0 aliphatic heterocycles. The highest BCUT2D eigenvalue weighted by atomic mass is 32.2. The van der Waals surface area contributed by atoms with Crippen LogP contribution in [-0.4, -0.2) is 46.4 Å². The van der Waals surface area contributed by atoms with Crippen molar-refractivity contribution < 1.29 is 26.9 Å². The minimum Gasteiger partial charge on any atom is -0.493 e. The zero-order chi connectivity index (χ0) is 23.6. The molecule has 1 N–H and O–H groups in total. The van der Waals surface area contributed by atoms with Crippen molar-refractivity contribution >= 4 is 42.7 Å². The molecule has 2 aromatic carbocycles. The minimum atomic E-state index is -3.55. The number of nitrogens with zero attached hydrogens (tertiary/aromatic N) is 1. The lowest BCUT2D eigenvalue weighted by atomic mass is 9.77. The Labute approximate surface area is 197 Å². The molecule has 0 spiro atoms. The van der Waals surface area contributed by atoms with Crippen molar-refractivity contribution in [1.29, 1.82) is 0 Å². The van der Waals surface area contributed by atoms with E-state index < -0.39 is 15.5 Å². The first-order valence-electron chi connectivity index (χ1n) is 10.5. The zero-order valence-corrected chi connectivity index (χ0v) is 20.3. The Hall–Kier alpha value is -2.69. The van der Waals surface area contributed by atoms with Gasteiger partial charge in [-0.3, -0.25) is 8.98 Å². The van der Waals surface area contributed by atoms with Crippen molar-refractivity contribution in [1.82, 2.24) is 4.98 Å². The van der Waals surface area contributed by atoms with Gasteiger partial charge in [0.15, 0.2) is 16.6 Å². The van der Waals surface area contributed by atoms with Gasteiger partial charge < -0.3 is 14.8 Å². The second-order valence-electron chi connectivity index (χ2n) is 7.98. The first-order chi connectivity index (χ1) is 15.8. The third-order valence-corrected chi connectivity index (χ3v) is 7.51. The van der Waals surface area contributed by atoms with E-state index >= 15 is 0 Å². The minimum absolute atomic E-state index is 0.0115. The topological polar surface area (TPSA) is 104 Å². The van der Waals surface area contributed by atoms with Gasteiger partial charge in [-0.25, -0.2) is 4.98 Å². The molecular weight excluding hydrogens is 464 g/mol. The van der Waals surface area contributed by atoms with Crippen LogP contribution in [0.1, 0.15) is 30.4 Å². The van der Waals surface area contributed by atoms with Crippen LogP contribution < -0.4 is 14.8 Å². The molecule has 0 saturated carbocycles. The van der Waals surface area contributed by atoms with Crippen LogP contribution in [0.25, 0.3) is 10.2 Å². The van der Waals surface area contributed by atoms with E-state index in [4.69, 9.17) is 13.7 Å². The van der Waals surface area contributed by atoms with Gasteiger partial charge in [0.25, 0.3) is 10.1 Å². The van der Waals surface area contributed by atoms with E-state index in [9.17, 15) is 13.2 Å². The molecule has 4 rings (SSSR count). The molecule has 1 heterocycles. The number of fused-ring (bicyclic) bond motifs is 2. The number of hydrogen-bond donors (Lipinski definition) is 1. The van der Waals surface area contributed by atoms with E-state index in [2.05, 4.69) is 10.3 Å². The normalized spacial score (nSPS) is 17.7. The van der Waals surface area contributed by atoms with Crippen LogP contribution in [0.2, 0.25) is 0 Å². The fraction of sp³-hybridized carbons (Fsp3) is 0.391. The van der Waals surface area contributed by atoms with Crippen LogP contribution in [-0.2, 0) is 30.9 Å². The number of methoxy groups -OCH3 is 2. The quantitative estimate of drug-likeness (QED) is 0.358. The van der Waals surface area contributed by atoms with Crippen molar-refractivity contribution in [3.8, 4) is 11.5 Å². The molecule has 1 unspecified atom stereocenters. The Kier molecular flexibility index (Phi) is 6.60. The van der Waals surface area contributed by atoms with Gasteiger partial charge in [-0.05, 0) is 49.4 Å². The standard InChI is InChI=1S/C23H26N2O6S2/c1-29-18-10-9-16-15(20(18)30-2)11-13-23(16,12-6-14-31-33(3,27)28)21(26)25-22-24-17-7-4-5-8-19(17)32-22/h4-5,7-10H,6,11-14H2,1-3H3,(H,24,25,26). The second kappa shape index (κ2) is 9.28. The summed E-state index contributed by atoms with van der Waals surface area (Å²) < 4.78 is 39.7. The molecule has 0 saturated heterocycles. The molecule has 0 radical (unpaired) electrons. The molecule has 33 heavy (non-hydrogen) atoms. The molecule has 0 fully saturated rings. The maximum absolute atomic E-state index is 13.7. The van der Waals surface area contributed by atoms with Gasteiger partial charge in [-0.15, -0.1) is 0 Å². The number of anilines is 1. The van der Waals surface area contributed by atoms with Crippen molar-refractivity contribution in [2.45, 2.75) is 31.1 Å². The Morgan fingerprint density at radius 3 is 2.67 bits per heavy atom. The SMILES string of the molecule is COc1ccc2c(c1OC)CCC2(CCCOS(C)(=O)=O)C(=O)Nc1nc2ccccc2s1.